The summed E-state index contributed by atoms with van der Waals surface area (Å²) >= 11 is 0. The zero-order chi connectivity index (χ0) is 12.8. The van der Waals surface area contributed by atoms with Crippen molar-refractivity contribution >= 4 is 0 Å². The first-order valence-corrected chi connectivity index (χ1v) is 6.87. The van der Waals surface area contributed by atoms with Gasteiger partial charge in [0.1, 0.15) is 5.82 Å². The number of rotatable bonds is 5. The summed E-state index contributed by atoms with van der Waals surface area (Å²) in [5.74, 6) is 0.399. The van der Waals surface area contributed by atoms with Crippen molar-refractivity contribution in [3.63, 3.8) is 0 Å². The van der Waals surface area contributed by atoms with Crippen molar-refractivity contribution in [1.82, 2.24) is 0 Å². The predicted molar refractivity (Wildman–Crippen MR) is 70.7 cm³/mol. The van der Waals surface area contributed by atoms with Crippen LogP contribution >= 0.6 is 0 Å². The molecular formula is C15H22FNO. The lowest BCUT2D eigenvalue weighted by Crippen LogP contribution is -2.21. The van der Waals surface area contributed by atoms with Crippen LogP contribution in [0.3, 0.4) is 0 Å². The fourth-order valence-electron chi connectivity index (χ4n) is 2.63. The van der Waals surface area contributed by atoms with Crippen molar-refractivity contribution in [2.24, 2.45) is 11.7 Å². The highest BCUT2D eigenvalue weighted by Gasteiger charge is 2.18. The van der Waals surface area contributed by atoms with Crippen molar-refractivity contribution in [2.75, 3.05) is 13.2 Å². The molecule has 2 rings (SSSR count). The normalized spacial score (nSPS) is 18.8. The van der Waals surface area contributed by atoms with E-state index in [4.69, 9.17) is 10.5 Å². The van der Waals surface area contributed by atoms with Gasteiger partial charge in [-0.2, -0.15) is 0 Å². The molecule has 1 aliphatic carbocycles. The maximum absolute atomic E-state index is 13.7. The molecular weight excluding hydrogens is 229 g/mol. The summed E-state index contributed by atoms with van der Waals surface area (Å²) in [4.78, 5) is 0. The van der Waals surface area contributed by atoms with Crippen LogP contribution in [0.25, 0.3) is 0 Å². The zero-order valence-corrected chi connectivity index (χ0v) is 10.8. The average molecular weight is 251 g/mol. The second kappa shape index (κ2) is 6.86. The highest BCUT2D eigenvalue weighted by molar-refractivity contribution is 5.20. The lowest BCUT2D eigenvalue weighted by molar-refractivity contribution is 0.0228. The van der Waals surface area contributed by atoms with Gasteiger partial charge in [0.15, 0.2) is 0 Å². The van der Waals surface area contributed by atoms with E-state index < -0.39 is 0 Å². The molecule has 0 aliphatic heterocycles. The molecule has 2 N–H and O–H groups in total. The van der Waals surface area contributed by atoms with Gasteiger partial charge in [0, 0.05) is 12.1 Å². The van der Waals surface area contributed by atoms with E-state index in [2.05, 4.69) is 0 Å². The number of halogens is 1. The summed E-state index contributed by atoms with van der Waals surface area (Å²) in [5.41, 5.74) is 6.28. The fourth-order valence-corrected chi connectivity index (χ4v) is 2.63. The van der Waals surface area contributed by atoms with E-state index in [1.165, 1.54) is 38.2 Å². The van der Waals surface area contributed by atoms with E-state index in [0.29, 0.717) is 24.6 Å². The Labute approximate surface area is 108 Å². The first kappa shape index (κ1) is 13.5. The Morgan fingerprint density at radius 2 is 1.94 bits per heavy atom. The molecule has 0 saturated heterocycles. The van der Waals surface area contributed by atoms with Crippen LogP contribution in [0, 0.1) is 11.7 Å². The van der Waals surface area contributed by atoms with E-state index >= 15 is 0 Å². The predicted octanol–water partition coefficient (Wildman–Crippen LogP) is 3.42. The third-order valence-corrected chi connectivity index (χ3v) is 3.72. The Morgan fingerprint density at radius 1 is 1.22 bits per heavy atom. The molecule has 0 aromatic heterocycles. The van der Waals surface area contributed by atoms with Gasteiger partial charge in [-0.15, -0.1) is 0 Å². The van der Waals surface area contributed by atoms with Crippen LogP contribution in [0.4, 0.5) is 4.39 Å². The molecule has 18 heavy (non-hydrogen) atoms. The minimum atomic E-state index is -0.312. The number of nitrogens with two attached hydrogens (primary N) is 1. The number of ether oxygens (including phenoxy) is 1. The maximum Gasteiger partial charge on any atom is 0.129 e. The van der Waals surface area contributed by atoms with Crippen LogP contribution in [0.2, 0.25) is 0 Å². The molecule has 0 radical (unpaired) electrons. The monoisotopic (exact) mass is 251 g/mol. The number of hydrogen-bond acceptors (Lipinski definition) is 2. The Kier molecular flexibility index (Phi) is 5.14. The van der Waals surface area contributed by atoms with Crippen LogP contribution in [-0.4, -0.2) is 13.2 Å². The highest BCUT2D eigenvalue weighted by atomic mass is 19.1. The zero-order valence-electron chi connectivity index (χ0n) is 10.8. The lowest BCUT2D eigenvalue weighted by atomic mass is 9.90. The van der Waals surface area contributed by atoms with Crippen LogP contribution in [0.15, 0.2) is 24.3 Å². The van der Waals surface area contributed by atoms with Gasteiger partial charge in [-0.25, -0.2) is 4.39 Å². The Bertz CT molecular complexity index is 363. The minimum absolute atomic E-state index is 0.225. The molecule has 0 spiro atoms. The summed E-state index contributed by atoms with van der Waals surface area (Å²) < 4.78 is 19.5. The lowest BCUT2D eigenvalue weighted by Gasteiger charge is -2.24. The molecule has 0 amide bonds. The summed E-state index contributed by atoms with van der Waals surface area (Å²) in [6, 6.07) is 6.73. The molecule has 100 valence electrons. The van der Waals surface area contributed by atoms with Gasteiger partial charge in [0.2, 0.25) is 0 Å². The molecule has 3 heteroatoms. The molecule has 2 nitrogen and oxygen atoms in total. The van der Waals surface area contributed by atoms with Crippen LogP contribution < -0.4 is 5.73 Å². The van der Waals surface area contributed by atoms with Gasteiger partial charge < -0.3 is 10.5 Å². The fraction of sp³-hybridized carbons (Fsp3) is 0.600. The highest BCUT2D eigenvalue weighted by Crippen LogP contribution is 2.26. The second-order valence-electron chi connectivity index (χ2n) is 5.08. The van der Waals surface area contributed by atoms with Crippen molar-refractivity contribution < 1.29 is 9.13 Å². The third kappa shape index (κ3) is 3.53. The molecule has 1 aliphatic rings. The third-order valence-electron chi connectivity index (χ3n) is 3.72. The molecule has 1 unspecified atom stereocenters. The topological polar surface area (TPSA) is 35.2 Å². The quantitative estimate of drug-likeness (QED) is 0.870. The Hall–Kier alpha value is -0.930. The molecule has 1 aromatic carbocycles. The van der Waals surface area contributed by atoms with E-state index in [9.17, 15) is 4.39 Å². The van der Waals surface area contributed by atoms with E-state index in [1.807, 2.05) is 6.07 Å². The largest absolute Gasteiger partial charge is 0.372 e. The minimum Gasteiger partial charge on any atom is -0.372 e. The number of hydrogen-bond donors (Lipinski definition) is 1. The summed E-state index contributed by atoms with van der Waals surface area (Å²) in [7, 11) is 0. The van der Waals surface area contributed by atoms with Crippen molar-refractivity contribution in [1.29, 1.82) is 0 Å². The molecule has 0 bridgehead atoms. The van der Waals surface area contributed by atoms with Gasteiger partial charge >= 0.3 is 0 Å². The van der Waals surface area contributed by atoms with Crippen LogP contribution in [-0.2, 0) is 4.74 Å². The van der Waals surface area contributed by atoms with Crippen molar-refractivity contribution in [3.05, 3.63) is 35.6 Å². The molecule has 1 atom stereocenters. The van der Waals surface area contributed by atoms with Gasteiger partial charge in [0.25, 0.3) is 0 Å². The second-order valence-corrected chi connectivity index (χ2v) is 5.08. The Morgan fingerprint density at radius 3 is 2.61 bits per heavy atom. The SMILES string of the molecule is NCC(OCC1CCCCC1)c1ccccc1F. The van der Waals surface area contributed by atoms with Crippen molar-refractivity contribution in [3.8, 4) is 0 Å². The number of benzene rings is 1. The van der Waals surface area contributed by atoms with Gasteiger partial charge in [-0.05, 0) is 24.8 Å². The average Bonchev–Trinajstić information content (AvgIpc) is 2.42. The van der Waals surface area contributed by atoms with E-state index in [-0.39, 0.29) is 11.9 Å². The first-order chi connectivity index (χ1) is 8.81. The summed E-state index contributed by atoms with van der Waals surface area (Å²) in [5, 5.41) is 0. The summed E-state index contributed by atoms with van der Waals surface area (Å²) in [6.07, 6.45) is 6.07. The van der Waals surface area contributed by atoms with Gasteiger partial charge in [-0.1, -0.05) is 37.5 Å². The standard InChI is InChI=1S/C15H22FNO/c16-14-9-5-4-8-13(14)15(10-17)18-11-12-6-2-1-3-7-12/h4-5,8-9,12,15H,1-3,6-7,10-11,17H2. The van der Waals surface area contributed by atoms with E-state index in [0.717, 1.165) is 0 Å². The van der Waals surface area contributed by atoms with Crippen LogP contribution in [0.1, 0.15) is 43.8 Å². The molecule has 1 saturated carbocycles. The molecule has 1 aromatic rings. The Balaban J connectivity index is 1.91. The first-order valence-electron chi connectivity index (χ1n) is 6.87. The van der Waals surface area contributed by atoms with Crippen LogP contribution in [0.5, 0.6) is 0 Å². The molecule has 1 fully saturated rings. The van der Waals surface area contributed by atoms with E-state index in [1.54, 1.807) is 12.1 Å². The maximum atomic E-state index is 13.7. The van der Waals surface area contributed by atoms with Gasteiger partial charge in [0.05, 0.1) is 12.7 Å². The van der Waals surface area contributed by atoms with Gasteiger partial charge in [-0.3, -0.25) is 0 Å². The summed E-state index contributed by atoms with van der Waals surface area (Å²) in [6.45, 7) is 1.03. The molecule has 0 heterocycles. The smallest absolute Gasteiger partial charge is 0.129 e. The van der Waals surface area contributed by atoms with Crippen molar-refractivity contribution in [2.45, 2.75) is 38.2 Å².